The van der Waals surface area contributed by atoms with Crippen molar-refractivity contribution in [3.8, 4) is 22.6 Å². The minimum Gasteiger partial charge on any atom is -0.493 e. The summed E-state index contributed by atoms with van der Waals surface area (Å²) in [5, 5.41) is 0. The minimum absolute atomic E-state index is 0.0158. The Labute approximate surface area is 425 Å². The normalized spacial score (nSPS) is 17.7. The molecular weight excluding hydrogens is 929 g/mol. The highest BCUT2D eigenvalue weighted by molar-refractivity contribution is 6.30. The van der Waals surface area contributed by atoms with Crippen molar-refractivity contribution in [3.63, 3.8) is 0 Å². The summed E-state index contributed by atoms with van der Waals surface area (Å²) in [5.41, 5.74) is 0.993. The van der Waals surface area contributed by atoms with Gasteiger partial charge >= 0.3 is 35.8 Å². The largest absolute Gasteiger partial charge is 0.493 e. The van der Waals surface area contributed by atoms with Gasteiger partial charge in [-0.2, -0.15) is 0 Å². The summed E-state index contributed by atoms with van der Waals surface area (Å²) in [6.45, 7) is 10.3. The lowest BCUT2D eigenvalue weighted by Crippen LogP contribution is -2.45. The summed E-state index contributed by atoms with van der Waals surface area (Å²) < 4.78 is 53.8. The van der Waals surface area contributed by atoms with Crippen molar-refractivity contribution in [1.29, 1.82) is 0 Å². The van der Waals surface area contributed by atoms with Crippen LogP contribution in [0.3, 0.4) is 0 Å². The van der Waals surface area contributed by atoms with Crippen molar-refractivity contribution in [2.24, 2.45) is 29.1 Å². The van der Waals surface area contributed by atoms with E-state index in [0.29, 0.717) is 36.7 Å². The van der Waals surface area contributed by atoms with Crippen molar-refractivity contribution in [1.82, 2.24) is 0 Å². The molecule has 72 heavy (non-hydrogen) atoms. The molecule has 0 atom stereocenters. The number of methoxy groups -OCH3 is 2. The average molecular weight is 1010 g/mol. The molecule has 0 aliphatic heterocycles. The van der Waals surface area contributed by atoms with Gasteiger partial charge in [-0.25, -0.2) is 28.8 Å². The predicted molar refractivity (Wildman–Crippen MR) is 268 cm³/mol. The fourth-order valence-electron chi connectivity index (χ4n) is 8.99. The zero-order valence-corrected chi connectivity index (χ0v) is 43.3. The van der Waals surface area contributed by atoms with E-state index in [2.05, 4.69) is 20.1 Å². The van der Waals surface area contributed by atoms with Crippen molar-refractivity contribution in [2.45, 2.75) is 111 Å². The van der Waals surface area contributed by atoms with E-state index in [9.17, 15) is 28.8 Å². The van der Waals surface area contributed by atoms with Gasteiger partial charge in [0.1, 0.15) is 56.6 Å². The van der Waals surface area contributed by atoms with E-state index in [4.69, 9.17) is 47.4 Å². The summed E-state index contributed by atoms with van der Waals surface area (Å²) >= 11 is 0. The highest BCUT2D eigenvalue weighted by Crippen LogP contribution is 2.42. The quantitative estimate of drug-likeness (QED) is 0.0236. The van der Waals surface area contributed by atoms with E-state index in [-0.39, 0.29) is 44.2 Å². The summed E-state index contributed by atoms with van der Waals surface area (Å²) in [6, 6.07) is 13.4. The topological polar surface area (TPSA) is 195 Å². The zero-order valence-electron chi connectivity index (χ0n) is 43.3. The van der Waals surface area contributed by atoms with E-state index in [1.165, 1.54) is 98.2 Å². The summed E-state index contributed by atoms with van der Waals surface area (Å²) in [7, 11) is 2.77. The molecule has 2 aromatic rings. The van der Waals surface area contributed by atoms with E-state index >= 15 is 0 Å². The van der Waals surface area contributed by atoms with Crippen LogP contribution in [0.15, 0.2) is 66.8 Å². The molecule has 0 saturated heterocycles. The second-order valence-electron chi connectivity index (χ2n) is 19.3. The lowest BCUT2D eigenvalue weighted by atomic mass is 9.69. The Kier molecular flexibility index (Phi) is 25.9. The fourth-order valence-corrected chi connectivity index (χ4v) is 8.99. The summed E-state index contributed by atoms with van der Waals surface area (Å²) in [4.78, 5) is 75.6. The number of ether oxygens (including phenoxy) is 10. The molecule has 4 rings (SSSR count). The maximum Gasteiger partial charge on any atom is 0.417 e. The molecule has 2 aromatic carbocycles. The zero-order chi connectivity index (χ0) is 52.3. The third-order valence-electron chi connectivity index (χ3n) is 13.4. The van der Waals surface area contributed by atoms with Crippen molar-refractivity contribution < 1.29 is 76.1 Å². The molecule has 0 aromatic heterocycles. The Balaban J connectivity index is 1.50. The number of carbonyl (C=O) groups excluding carboxylic acids is 6. The van der Waals surface area contributed by atoms with Gasteiger partial charge in [-0.15, -0.1) is 0 Å². The standard InChI is InChI=1S/C56H78O16/c1-8-9-10-12-41-14-18-43(19-15-41)44-20-16-42(17-21-44)34-68-48-25-22-45(23-26-48)46-24-27-49(47(33-46)13-11-28-65-50(57)39(2)3)69-35-56(36-70-51(58)40(4)5,37-71-54(61)52(59)66-31-29-63-6)38-72-55(62)53(60)67-32-30-64-7/h22-27,33,41-44H,2,4,8-21,28-32,34-38H2,1,3,5-7H3. The Hall–Kier alpha value is -5.74. The van der Waals surface area contributed by atoms with Gasteiger partial charge in [-0.3, -0.25) is 0 Å². The number of aryl methyl sites for hydroxylation is 1. The van der Waals surface area contributed by atoms with Crippen LogP contribution in [0.2, 0.25) is 0 Å². The van der Waals surface area contributed by atoms with Crippen LogP contribution in [0, 0.1) is 29.1 Å². The van der Waals surface area contributed by atoms with Crippen LogP contribution in [0.5, 0.6) is 11.5 Å². The molecule has 0 heterocycles. The Morgan fingerprint density at radius 1 is 0.528 bits per heavy atom. The van der Waals surface area contributed by atoms with Crippen LogP contribution in [0.25, 0.3) is 11.1 Å². The van der Waals surface area contributed by atoms with E-state index in [1.807, 2.05) is 36.4 Å². The summed E-state index contributed by atoms with van der Waals surface area (Å²) in [5.74, 6) is -2.48. The van der Waals surface area contributed by atoms with E-state index < -0.39 is 67.7 Å². The molecule has 0 spiro atoms. The Morgan fingerprint density at radius 3 is 1.54 bits per heavy atom. The molecule has 16 heteroatoms. The first kappa shape index (κ1) is 58.8. The third kappa shape index (κ3) is 20.4. The van der Waals surface area contributed by atoms with Gasteiger partial charge in [0.15, 0.2) is 0 Å². The predicted octanol–water partition coefficient (Wildman–Crippen LogP) is 8.93. The lowest BCUT2D eigenvalue weighted by molar-refractivity contribution is -0.179. The molecular formula is C56H78O16. The highest BCUT2D eigenvalue weighted by atomic mass is 16.6. The molecule has 398 valence electrons. The van der Waals surface area contributed by atoms with Gasteiger partial charge in [0.2, 0.25) is 0 Å². The molecule has 2 aliphatic carbocycles. The molecule has 2 saturated carbocycles. The van der Waals surface area contributed by atoms with E-state index in [0.717, 1.165) is 34.6 Å². The smallest absolute Gasteiger partial charge is 0.417 e. The first-order valence-corrected chi connectivity index (χ1v) is 25.5. The molecule has 0 unspecified atom stereocenters. The molecule has 0 bridgehead atoms. The molecule has 2 fully saturated rings. The third-order valence-corrected chi connectivity index (χ3v) is 13.4. The number of unbranched alkanes of at least 4 members (excludes halogenated alkanes) is 2. The average Bonchev–Trinajstić information content (AvgIpc) is 3.39. The SMILES string of the molecule is C=C(C)C(=O)OCCCc1cc(-c2ccc(OCC3CCC(C4CCC(CCCCC)CC4)CC3)cc2)ccc1OCC(COC(=O)C(=C)C)(COC(=O)C(=O)OCCOC)COC(=O)C(=O)OCCOC. The number of hydrogen-bond acceptors (Lipinski definition) is 16. The van der Waals surface area contributed by atoms with Crippen LogP contribution in [-0.2, 0) is 73.1 Å². The maximum absolute atomic E-state index is 12.8. The van der Waals surface area contributed by atoms with Crippen molar-refractivity contribution >= 4 is 35.8 Å². The van der Waals surface area contributed by atoms with Crippen molar-refractivity contribution in [3.05, 3.63) is 72.3 Å². The van der Waals surface area contributed by atoms with Crippen molar-refractivity contribution in [2.75, 3.05) is 80.3 Å². The van der Waals surface area contributed by atoms with E-state index in [1.54, 1.807) is 13.0 Å². The van der Waals surface area contributed by atoms with Crippen LogP contribution < -0.4 is 9.47 Å². The highest BCUT2D eigenvalue weighted by Gasteiger charge is 2.40. The van der Waals surface area contributed by atoms with Crippen LogP contribution in [-0.4, -0.2) is 116 Å². The van der Waals surface area contributed by atoms with Gasteiger partial charge in [-0.1, -0.05) is 76.8 Å². The molecule has 0 radical (unpaired) electrons. The number of esters is 6. The van der Waals surface area contributed by atoms with Crippen LogP contribution in [0.4, 0.5) is 0 Å². The minimum atomic E-state index is -1.73. The second-order valence-corrected chi connectivity index (χ2v) is 19.3. The molecule has 0 amide bonds. The van der Waals surface area contributed by atoms with Gasteiger partial charge in [-0.05, 0) is 130 Å². The van der Waals surface area contributed by atoms with Crippen LogP contribution in [0.1, 0.15) is 110 Å². The van der Waals surface area contributed by atoms with Gasteiger partial charge in [0.25, 0.3) is 0 Å². The maximum atomic E-state index is 12.8. The Bertz CT molecular complexity index is 2020. The molecule has 16 nitrogen and oxygen atoms in total. The number of rotatable bonds is 30. The first-order chi connectivity index (χ1) is 34.7. The lowest BCUT2D eigenvalue weighted by Gasteiger charge is -2.38. The van der Waals surface area contributed by atoms with Gasteiger partial charge in [0.05, 0.1) is 26.4 Å². The first-order valence-electron chi connectivity index (χ1n) is 25.5. The number of hydrogen-bond donors (Lipinski definition) is 0. The van der Waals surface area contributed by atoms with Gasteiger partial charge in [0, 0.05) is 25.4 Å². The summed E-state index contributed by atoms with van der Waals surface area (Å²) in [6.07, 6.45) is 16.8. The molecule has 2 aliphatic rings. The molecule has 0 N–H and O–H groups in total. The Morgan fingerprint density at radius 2 is 1.01 bits per heavy atom. The number of benzene rings is 2. The fraction of sp³-hybridized carbons (Fsp3) is 0.607. The number of carbonyl (C=O) groups is 6. The monoisotopic (exact) mass is 1010 g/mol. The second kappa shape index (κ2) is 31.7. The van der Waals surface area contributed by atoms with Crippen LogP contribution >= 0.6 is 0 Å². The van der Waals surface area contributed by atoms with Gasteiger partial charge < -0.3 is 47.4 Å².